The van der Waals surface area contributed by atoms with Crippen LogP contribution in [0.4, 0.5) is 17.5 Å². The van der Waals surface area contributed by atoms with Gasteiger partial charge in [-0.3, -0.25) is 0 Å². The maximum absolute atomic E-state index is 12.7. The summed E-state index contributed by atoms with van der Waals surface area (Å²) in [6.07, 6.45) is 5.35. The summed E-state index contributed by atoms with van der Waals surface area (Å²) in [5.74, 6) is 0.192. The second-order valence-corrected chi connectivity index (χ2v) is 10.6. The molecular weight excluding hydrogens is 481 g/mol. The van der Waals surface area contributed by atoms with Gasteiger partial charge in [0.1, 0.15) is 5.02 Å². The Hall–Kier alpha value is -2.87. The number of methoxy groups -OCH3 is 1. The van der Waals surface area contributed by atoms with Gasteiger partial charge in [-0.2, -0.15) is 10.2 Å². The van der Waals surface area contributed by atoms with Crippen LogP contribution in [0.2, 0.25) is 5.02 Å². The van der Waals surface area contributed by atoms with Gasteiger partial charge in [0.15, 0.2) is 5.82 Å². The molecule has 1 saturated heterocycles. The molecule has 0 bridgehead atoms. The Morgan fingerprint density at radius 3 is 2.69 bits per heavy atom. The predicted molar refractivity (Wildman–Crippen MR) is 139 cm³/mol. The summed E-state index contributed by atoms with van der Waals surface area (Å²) in [7, 11) is 0.681. The Balaban J connectivity index is 1.59. The SMILES string of the molecule is COC(=O)c1cc(Nc2ncc(Cl)c(NC3CCCCC3C#N)n2)cc(C)c1B1OCC(C)(C)CO1. The fourth-order valence-electron chi connectivity index (χ4n) is 4.61. The van der Waals surface area contributed by atoms with Crippen molar-refractivity contribution in [3.8, 4) is 6.07 Å². The number of hydrogen-bond acceptors (Lipinski definition) is 9. The van der Waals surface area contributed by atoms with E-state index in [9.17, 15) is 10.1 Å². The minimum absolute atomic E-state index is 0.0167. The highest BCUT2D eigenvalue weighted by Crippen LogP contribution is 2.30. The van der Waals surface area contributed by atoms with Crippen LogP contribution in [-0.2, 0) is 14.0 Å². The van der Waals surface area contributed by atoms with Crippen molar-refractivity contribution in [3.05, 3.63) is 34.5 Å². The van der Waals surface area contributed by atoms with Crippen molar-refractivity contribution in [2.75, 3.05) is 31.0 Å². The van der Waals surface area contributed by atoms with Crippen LogP contribution in [0, 0.1) is 29.6 Å². The highest BCUT2D eigenvalue weighted by atomic mass is 35.5. The summed E-state index contributed by atoms with van der Waals surface area (Å²) < 4.78 is 16.9. The number of carbonyl (C=O) groups is 1. The Bertz CT molecular complexity index is 1160. The summed E-state index contributed by atoms with van der Waals surface area (Å²) in [6.45, 7) is 7.04. The van der Waals surface area contributed by atoms with E-state index in [1.165, 1.54) is 13.3 Å². The lowest BCUT2D eigenvalue weighted by Crippen LogP contribution is -2.50. The molecule has 4 rings (SSSR count). The van der Waals surface area contributed by atoms with Gasteiger partial charge < -0.3 is 24.7 Å². The highest BCUT2D eigenvalue weighted by Gasteiger charge is 2.37. The number of carbonyl (C=O) groups excluding carboxylic acids is 1. The third kappa shape index (κ3) is 5.92. The number of nitriles is 1. The van der Waals surface area contributed by atoms with Crippen molar-refractivity contribution in [3.63, 3.8) is 0 Å². The zero-order chi connectivity index (χ0) is 25.9. The number of rotatable bonds is 6. The Labute approximate surface area is 217 Å². The third-order valence-corrected chi connectivity index (χ3v) is 6.81. The zero-order valence-corrected chi connectivity index (χ0v) is 21.8. The Morgan fingerprint density at radius 2 is 2.00 bits per heavy atom. The number of aromatic nitrogens is 2. The molecule has 0 radical (unpaired) electrons. The average Bonchev–Trinajstić information content (AvgIpc) is 2.86. The van der Waals surface area contributed by atoms with E-state index < -0.39 is 13.1 Å². The second kappa shape index (κ2) is 11.0. The Kier molecular flexibility index (Phi) is 8.03. The Morgan fingerprint density at radius 1 is 1.28 bits per heavy atom. The van der Waals surface area contributed by atoms with Crippen LogP contribution in [0.15, 0.2) is 18.3 Å². The summed E-state index contributed by atoms with van der Waals surface area (Å²) in [4.78, 5) is 21.5. The molecule has 11 heteroatoms. The maximum Gasteiger partial charge on any atom is 0.495 e. The van der Waals surface area contributed by atoms with Crippen LogP contribution in [0.1, 0.15) is 55.5 Å². The van der Waals surface area contributed by atoms with Crippen molar-refractivity contribution in [2.45, 2.75) is 52.5 Å². The molecule has 2 unspecified atom stereocenters. The van der Waals surface area contributed by atoms with Gasteiger partial charge in [0, 0.05) is 30.4 Å². The first-order valence-electron chi connectivity index (χ1n) is 12.1. The molecule has 36 heavy (non-hydrogen) atoms. The van der Waals surface area contributed by atoms with Crippen molar-refractivity contribution < 1.29 is 18.8 Å². The maximum atomic E-state index is 12.7. The fourth-order valence-corrected chi connectivity index (χ4v) is 4.76. The molecule has 1 aromatic heterocycles. The summed E-state index contributed by atoms with van der Waals surface area (Å²) in [5.41, 5.74) is 2.29. The molecular formula is C25H31BClN5O4. The first-order chi connectivity index (χ1) is 17.2. The normalized spacial score (nSPS) is 21.4. The van der Waals surface area contributed by atoms with Gasteiger partial charge in [-0.25, -0.2) is 9.78 Å². The molecule has 1 saturated carbocycles. The van der Waals surface area contributed by atoms with Crippen LogP contribution in [-0.4, -0.2) is 49.4 Å². The fraction of sp³-hybridized carbons (Fsp3) is 0.520. The number of nitrogens with one attached hydrogen (secondary N) is 2. The minimum Gasteiger partial charge on any atom is -0.465 e. The van der Waals surface area contributed by atoms with Crippen LogP contribution >= 0.6 is 11.6 Å². The molecule has 2 fully saturated rings. The van der Waals surface area contributed by atoms with Gasteiger partial charge in [0.2, 0.25) is 5.95 Å². The van der Waals surface area contributed by atoms with E-state index in [4.69, 9.17) is 25.6 Å². The van der Waals surface area contributed by atoms with E-state index in [1.807, 2.05) is 13.0 Å². The third-order valence-electron chi connectivity index (χ3n) is 6.53. The van der Waals surface area contributed by atoms with E-state index in [1.54, 1.807) is 6.07 Å². The molecule has 2 N–H and O–H groups in total. The molecule has 2 aliphatic rings. The molecule has 1 aliphatic carbocycles. The molecule has 190 valence electrons. The van der Waals surface area contributed by atoms with Crippen LogP contribution in [0.3, 0.4) is 0 Å². The van der Waals surface area contributed by atoms with Gasteiger partial charge in [0.25, 0.3) is 0 Å². The summed E-state index contributed by atoms with van der Waals surface area (Å²) >= 11 is 6.36. The van der Waals surface area contributed by atoms with E-state index in [0.29, 0.717) is 46.7 Å². The van der Waals surface area contributed by atoms with E-state index in [2.05, 4.69) is 40.5 Å². The summed E-state index contributed by atoms with van der Waals surface area (Å²) in [5, 5.41) is 16.4. The molecule has 0 spiro atoms. The lowest BCUT2D eigenvalue weighted by Gasteiger charge is -2.34. The molecule has 0 amide bonds. The lowest BCUT2D eigenvalue weighted by atomic mass is 9.71. The van der Waals surface area contributed by atoms with Gasteiger partial charge >= 0.3 is 13.1 Å². The standard InChI is InChI=1S/C25H31BClN5O4/c1-15-9-17(10-18(23(33)34-4)21(15)26-35-13-25(2,3)14-36-26)30-24-29-12-19(27)22(32-24)31-20-8-6-5-7-16(20)11-28/h9-10,12,16,20H,5-8,13-14H2,1-4H3,(H2,29,30,31,32). The topological polar surface area (TPSA) is 118 Å². The van der Waals surface area contributed by atoms with Crippen molar-refractivity contribution in [1.82, 2.24) is 9.97 Å². The molecule has 9 nitrogen and oxygen atoms in total. The van der Waals surface area contributed by atoms with E-state index >= 15 is 0 Å². The number of benzene rings is 1. The molecule has 2 atom stereocenters. The monoisotopic (exact) mass is 511 g/mol. The molecule has 2 heterocycles. The number of ether oxygens (including phenoxy) is 1. The van der Waals surface area contributed by atoms with Gasteiger partial charge in [-0.15, -0.1) is 0 Å². The minimum atomic E-state index is -0.660. The van der Waals surface area contributed by atoms with Gasteiger partial charge in [-0.05, 0) is 42.9 Å². The molecule has 1 aromatic carbocycles. The van der Waals surface area contributed by atoms with Crippen molar-refractivity contribution in [1.29, 1.82) is 5.26 Å². The number of halogens is 1. The number of nitrogens with zero attached hydrogens (tertiary/aromatic N) is 3. The lowest BCUT2D eigenvalue weighted by molar-refractivity contribution is 0.0339. The van der Waals surface area contributed by atoms with Gasteiger partial charge in [-0.1, -0.05) is 38.3 Å². The van der Waals surface area contributed by atoms with Crippen molar-refractivity contribution >= 4 is 47.6 Å². The predicted octanol–water partition coefficient (Wildman–Crippen LogP) is 4.23. The van der Waals surface area contributed by atoms with Gasteiger partial charge in [0.05, 0.1) is 30.9 Å². The average molecular weight is 512 g/mol. The van der Waals surface area contributed by atoms with E-state index in [0.717, 1.165) is 31.2 Å². The molecule has 1 aliphatic heterocycles. The first-order valence-corrected chi connectivity index (χ1v) is 12.5. The quantitative estimate of drug-likeness (QED) is 0.434. The van der Waals surface area contributed by atoms with Crippen LogP contribution in [0.5, 0.6) is 0 Å². The second-order valence-electron chi connectivity index (χ2n) is 10.2. The van der Waals surface area contributed by atoms with E-state index in [-0.39, 0.29) is 17.4 Å². The largest absolute Gasteiger partial charge is 0.495 e. The zero-order valence-electron chi connectivity index (χ0n) is 21.1. The molecule has 2 aromatic rings. The van der Waals surface area contributed by atoms with Crippen LogP contribution in [0.25, 0.3) is 0 Å². The number of hydrogen-bond donors (Lipinski definition) is 2. The van der Waals surface area contributed by atoms with Crippen LogP contribution < -0.4 is 16.1 Å². The number of anilines is 3. The number of esters is 1. The summed E-state index contributed by atoms with van der Waals surface area (Å²) in [6, 6.07) is 5.93. The van der Waals surface area contributed by atoms with Crippen molar-refractivity contribution in [2.24, 2.45) is 11.3 Å². The number of aryl methyl sites for hydroxylation is 1. The smallest absolute Gasteiger partial charge is 0.465 e. The first kappa shape index (κ1) is 26.2. The highest BCUT2D eigenvalue weighted by molar-refractivity contribution is 6.63.